The van der Waals surface area contributed by atoms with Gasteiger partial charge in [0.2, 0.25) is 0 Å². The Morgan fingerprint density at radius 2 is 2.12 bits per heavy atom. The third kappa shape index (κ3) is 5.38. The molecule has 0 amide bonds. The summed E-state index contributed by atoms with van der Waals surface area (Å²) in [5.74, 6) is -0.848. The van der Waals surface area contributed by atoms with E-state index in [1.54, 1.807) is 21.0 Å². The average Bonchev–Trinajstić information content (AvgIpc) is 2.62. The van der Waals surface area contributed by atoms with Crippen LogP contribution >= 0.6 is 0 Å². The molecule has 3 atom stereocenters. The van der Waals surface area contributed by atoms with Crippen molar-refractivity contribution >= 4 is 5.97 Å². The molecule has 0 unspecified atom stereocenters. The maximum absolute atomic E-state index is 11.8. The Hall–Kier alpha value is -1.73. The molecule has 6 nitrogen and oxygen atoms in total. The molecule has 1 N–H and O–H groups in total. The van der Waals surface area contributed by atoms with Crippen molar-refractivity contribution in [1.29, 1.82) is 0 Å². The second-order valence-electron chi connectivity index (χ2n) is 6.42. The van der Waals surface area contributed by atoms with Gasteiger partial charge >= 0.3 is 5.97 Å². The lowest BCUT2D eigenvalue weighted by Crippen LogP contribution is -2.51. The number of methoxy groups -OCH3 is 1. The van der Waals surface area contributed by atoms with E-state index in [4.69, 9.17) is 18.9 Å². The molecule has 0 bridgehead atoms. The molecule has 26 heavy (non-hydrogen) atoms. The van der Waals surface area contributed by atoms with Crippen molar-refractivity contribution in [3.8, 4) is 0 Å². The number of esters is 1. The molecule has 2 rings (SSSR count). The first-order chi connectivity index (χ1) is 12.5. The van der Waals surface area contributed by atoms with Gasteiger partial charge in [-0.15, -0.1) is 0 Å². The molecule has 1 fully saturated rings. The third-order valence-electron chi connectivity index (χ3n) is 4.60. The fraction of sp³-hybridized carbons (Fsp3) is 0.550. The largest absolute Gasteiger partial charge is 0.463 e. The van der Waals surface area contributed by atoms with Crippen LogP contribution in [0.2, 0.25) is 0 Å². The molecule has 0 aliphatic carbocycles. The Morgan fingerprint density at radius 3 is 2.77 bits per heavy atom. The summed E-state index contributed by atoms with van der Waals surface area (Å²) in [6.45, 7) is 4.74. The van der Waals surface area contributed by atoms with Crippen LogP contribution in [0.1, 0.15) is 25.8 Å². The number of aliphatic hydroxyl groups is 1. The number of hydrogen-bond donors (Lipinski definition) is 1. The summed E-state index contributed by atoms with van der Waals surface area (Å²) in [5, 5.41) is 11.0. The van der Waals surface area contributed by atoms with Crippen LogP contribution in [0.25, 0.3) is 0 Å². The van der Waals surface area contributed by atoms with Crippen LogP contribution in [0, 0.1) is 5.92 Å². The molecule has 1 aromatic rings. The summed E-state index contributed by atoms with van der Waals surface area (Å²) in [7, 11) is 1.54. The van der Waals surface area contributed by atoms with Crippen LogP contribution in [-0.2, 0) is 30.3 Å². The zero-order chi connectivity index (χ0) is 19.0. The highest BCUT2D eigenvalue weighted by molar-refractivity contribution is 5.83. The van der Waals surface area contributed by atoms with E-state index in [9.17, 15) is 9.90 Å². The average molecular weight is 364 g/mol. The van der Waals surface area contributed by atoms with Crippen molar-refractivity contribution in [2.75, 3.05) is 26.9 Å². The lowest BCUT2D eigenvalue weighted by atomic mass is 9.78. The molecular weight excluding hydrogens is 336 g/mol. The molecule has 1 aliphatic rings. The fourth-order valence-corrected chi connectivity index (χ4v) is 3.08. The normalized spacial score (nSPS) is 27.5. The first kappa shape index (κ1) is 20.6. The molecule has 0 radical (unpaired) electrons. The van der Waals surface area contributed by atoms with Gasteiger partial charge in [0.15, 0.2) is 6.29 Å². The first-order valence-electron chi connectivity index (χ1n) is 8.85. The Morgan fingerprint density at radius 1 is 1.38 bits per heavy atom. The molecule has 1 aliphatic heterocycles. The monoisotopic (exact) mass is 364 g/mol. The molecule has 0 aromatic heterocycles. The molecule has 0 saturated carbocycles. The highest BCUT2D eigenvalue weighted by Gasteiger charge is 2.45. The number of hydrogen-bond acceptors (Lipinski definition) is 6. The van der Waals surface area contributed by atoms with Gasteiger partial charge in [-0.05, 0) is 31.4 Å². The van der Waals surface area contributed by atoms with Crippen LogP contribution in [0.15, 0.2) is 42.0 Å². The minimum Gasteiger partial charge on any atom is -0.463 e. The summed E-state index contributed by atoms with van der Waals surface area (Å²) in [4.78, 5) is 11.8. The van der Waals surface area contributed by atoms with Crippen LogP contribution in [0.5, 0.6) is 0 Å². The van der Waals surface area contributed by atoms with Crippen LogP contribution in [0.4, 0.5) is 0 Å². The zero-order valence-electron chi connectivity index (χ0n) is 15.6. The molecule has 1 saturated heterocycles. The minimum atomic E-state index is -1.25. The van der Waals surface area contributed by atoms with E-state index in [1.165, 1.54) is 6.08 Å². The lowest BCUT2D eigenvalue weighted by Gasteiger charge is -2.43. The smallest absolute Gasteiger partial charge is 0.330 e. The van der Waals surface area contributed by atoms with Crippen molar-refractivity contribution in [3.63, 3.8) is 0 Å². The predicted octanol–water partition coefficient (Wildman–Crippen LogP) is 2.45. The zero-order valence-corrected chi connectivity index (χ0v) is 15.6. The van der Waals surface area contributed by atoms with E-state index in [1.807, 2.05) is 30.3 Å². The van der Waals surface area contributed by atoms with E-state index < -0.39 is 17.9 Å². The molecule has 144 valence electrons. The summed E-state index contributed by atoms with van der Waals surface area (Å²) in [6, 6.07) is 9.88. The predicted molar refractivity (Wildman–Crippen MR) is 96.3 cm³/mol. The number of carbonyl (C=O) groups excluding carboxylic acids is 1. The van der Waals surface area contributed by atoms with Crippen LogP contribution < -0.4 is 0 Å². The van der Waals surface area contributed by atoms with Gasteiger partial charge in [0, 0.05) is 25.7 Å². The van der Waals surface area contributed by atoms with E-state index in [0.717, 1.165) is 5.56 Å². The Bertz CT molecular complexity index is 596. The lowest BCUT2D eigenvalue weighted by molar-refractivity contribution is -0.216. The van der Waals surface area contributed by atoms with Crippen LogP contribution in [-0.4, -0.2) is 49.9 Å². The highest BCUT2D eigenvalue weighted by atomic mass is 16.7. The molecule has 1 heterocycles. The van der Waals surface area contributed by atoms with Gasteiger partial charge in [-0.3, -0.25) is 0 Å². The Labute approximate surface area is 154 Å². The van der Waals surface area contributed by atoms with Crippen molar-refractivity contribution in [3.05, 3.63) is 47.5 Å². The quantitative estimate of drug-likeness (QED) is 0.434. The van der Waals surface area contributed by atoms with Gasteiger partial charge in [-0.2, -0.15) is 0 Å². The van der Waals surface area contributed by atoms with Crippen molar-refractivity contribution < 1.29 is 28.8 Å². The standard InChI is InChI=1S/C20H28O6/c1-4-25-18(21)12-16-14-26-19(23-3)17(20(16,2)22)10-11-24-13-15-8-6-5-7-9-15/h5-9,12,17,19,22H,4,10-11,13-14H2,1-3H3/b16-12-/t17-,19+,20+/m0/s1. The van der Waals surface area contributed by atoms with Gasteiger partial charge in [-0.25, -0.2) is 4.79 Å². The highest BCUT2D eigenvalue weighted by Crippen LogP contribution is 2.37. The Kier molecular flexibility index (Phi) is 7.78. The van der Waals surface area contributed by atoms with E-state index in [-0.39, 0.29) is 19.1 Å². The summed E-state index contributed by atoms with van der Waals surface area (Å²) in [6.07, 6.45) is 1.27. The van der Waals surface area contributed by atoms with Gasteiger partial charge in [-0.1, -0.05) is 30.3 Å². The van der Waals surface area contributed by atoms with Crippen molar-refractivity contribution in [2.24, 2.45) is 5.92 Å². The maximum Gasteiger partial charge on any atom is 0.330 e. The molecular formula is C20H28O6. The van der Waals surface area contributed by atoms with Crippen molar-refractivity contribution in [1.82, 2.24) is 0 Å². The SMILES string of the molecule is CCOC(=O)/C=C1/CO[C@@H](OC)[C@H](CCOCc2ccccc2)[C@]1(C)O. The summed E-state index contributed by atoms with van der Waals surface area (Å²) >= 11 is 0. The van der Waals surface area contributed by atoms with Gasteiger partial charge < -0.3 is 24.1 Å². The van der Waals surface area contributed by atoms with Crippen molar-refractivity contribution in [2.45, 2.75) is 38.8 Å². The maximum atomic E-state index is 11.8. The van der Waals surface area contributed by atoms with Gasteiger partial charge in [0.1, 0.15) is 0 Å². The Balaban J connectivity index is 1.99. The summed E-state index contributed by atoms with van der Waals surface area (Å²) in [5.41, 5.74) is 0.324. The third-order valence-corrected chi connectivity index (χ3v) is 4.60. The molecule has 0 spiro atoms. The first-order valence-corrected chi connectivity index (χ1v) is 8.85. The number of ether oxygens (including phenoxy) is 4. The minimum absolute atomic E-state index is 0.117. The van der Waals surface area contributed by atoms with Crippen LogP contribution in [0.3, 0.4) is 0 Å². The number of carbonyl (C=O) groups is 1. The fourth-order valence-electron chi connectivity index (χ4n) is 3.08. The second-order valence-corrected chi connectivity index (χ2v) is 6.42. The number of benzene rings is 1. The number of rotatable bonds is 8. The second kappa shape index (κ2) is 9.83. The summed E-state index contributed by atoms with van der Waals surface area (Å²) < 4.78 is 21.7. The molecule has 1 aromatic carbocycles. The van der Waals surface area contributed by atoms with E-state index in [2.05, 4.69) is 0 Å². The molecule has 6 heteroatoms. The van der Waals surface area contributed by atoms with Gasteiger partial charge in [0.25, 0.3) is 0 Å². The van der Waals surface area contributed by atoms with Gasteiger partial charge in [0.05, 0.1) is 25.4 Å². The van der Waals surface area contributed by atoms with E-state index in [0.29, 0.717) is 25.2 Å². The van der Waals surface area contributed by atoms with E-state index >= 15 is 0 Å². The topological polar surface area (TPSA) is 74.2 Å².